The van der Waals surface area contributed by atoms with Gasteiger partial charge in [-0.2, -0.15) is 10.2 Å². The Morgan fingerprint density at radius 1 is 1.04 bits per heavy atom. The second-order valence-electron chi connectivity index (χ2n) is 5.32. The third kappa shape index (κ3) is 3.68. The van der Waals surface area contributed by atoms with Crippen molar-refractivity contribution in [3.63, 3.8) is 0 Å². The lowest BCUT2D eigenvalue weighted by Gasteiger charge is -2.09. The van der Waals surface area contributed by atoms with Crippen molar-refractivity contribution >= 4 is 5.97 Å². The van der Waals surface area contributed by atoms with E-state index in [1.807, 2.05) is 0 Å². The number of unbranched alkanes of at least 4 members (excludes halogenated alkanes) is 2. The Kier molecular flexibility index (Phi) is 5.00. The van der Waals surface area contributed by atoms with Crippen LogP contribution < -0.4 is 0 Å². The number of carbonyl (C=O) groups is 1. The van der Waals surface area contributed by atoms with Gasteiger partial charge in [-0.3, -0.25) is 0 Å². The fraction of sp³-hybridized carbons (Fsp3) is 0.294. The number of hydrogen-bond acceptors (Lipinski definition) is 5. The van der Waals surface area contributed by atoms with Crippen LogP contribution in [0.5, 0.6) is 0 Å². The fourth-order valence-electron chi connectivity index (χ4n) is 2.26. The Hall–Kier alpha value is -2.96. The maximum atomic E-state index is 12.3. The van der Waals surface area contributed by atoms with E-state index in [1.165, 1.54) is 0 Å². The van der Waals surface area contributed by atoms with Crippen LogP contribution in [0.25, 0.3) is 11.6 Å². The second kappa shape index (κ2) is 7.54. The largest absolute Gasteiger partial charge is 0.462 e. The average Bonchev–Trinajstić information content (AvgIpc) is 3.31. The highest BCUT2D eigenvalue weighted by Gasteiger charge is 2.13. The first-order valence-corrected chi connectivity index (χ1v) is 7.97. The van der Waals surface area contributed by atoms with Crippen molar-refractivity contribution in [1.82, 2.24) is 24.5 Å². The summed E-state index contributed by atoms with van der Waals surface area (Å²) >= 11 is 0. The topological polar surface area (TPSA) is 74.8 Å². The average molecular weight is 325 g/mol. The van der Waals surface area contributed by atoms with Crippen molar-refractivity contribution in [3.8, 4) is 11.6 Å². The molecule has 0 N–H and O–H groups in total. The lowest BCUT2D eigenvalue weighted by atomic mass is 10.2. The number of ether oxygens (including phenoxy) is 1. The van der Waals surface area contributed by atoms with Crippen LogP contribution in [0.1, 0.15) is 36.5 Å². The fourth-order valence-corrected chi connectivity index (χ4v) is 2.26. The normalized spacial score (nSPS) is 10.7. The minimum atomic E-state index is -0.365. The van der Waals surface area contributed by atoms with Crippen LogP contribution in [0.2, 0.25) is 0 Å². The van der Waals surface area contributed by atoms with Crippen LogP contribution in [-0.2, 0) is 4.74 Å². The third-order valence-electron chi connectivity index (χ3n) is 3.49. The molecule has 3 aromatic heterocycles. The quantitative estimate of drug-likeness (QED) is 0.493. The first-order valence-electron chi connectivity index (χ1n) is 7.97. The lowest BCUT2D eigenvalue weighted by Crippen LogP contribution is -2.11. The van der Waals surface area contributed by atoms with Crippen molar-refractivity contribution in [2.24, 2.45) is 0 Å². The Morgan fingerprint density at radius 2 is 1.67 bits per heavy atom. The van der Waals surface area contributed by atoms with Gasteiger partial charge in [-0.1, -0.05) is 19.8 Å². The van der Waals surface area contributed by atoms with E-state index in [2.05, 4.69) is 22.1 Å². The van der Waals surface area contributed by atoms with E-state index in [-0.39, 0.29) is 5.97 Å². The first-order chi connectivity index (χ1) is 11.8. The van der Waals surface area contributed by atoms with Crippen molar-refractivity contribution in [3.05, 3.63) is 54.6 Å². The second-order valence-corrected chi connectivity index (χ2v) is 5.32. The molecule has 0 atom stereocenters. The van der Waals surface area contributed by atoms with Crippen LogP contribution in [0.3, 0.4) is 0 Å². The number of pyridine rings is 1. The standard InChI is InChI=1S/C17H19N5O2/c1-2-3-4-11-24-17(23)14-12-15(21-9-5-7-18-21)20-16(13-14)22-10-6-8-19-22/h5-10,12-13H,2-4,11H2,1H3. The predicted molar refractivity (Wildman–Crippen MR) is 88.3 cm³/mol. The highest BCUT2D eigenvalue weighted by Crippen LogP contribution is 2.14. The Morgan fingerprint density at radius 3 is 2.17 bits per heavy atom. The highest BCUT2D eigenvalue weighted by atomic mass is 16.5. The van der Waals surface area contributed by atoms with Gasteiger partial charge in [0.2, 0.25) is 0 Å². The van der Waals surface area contributed by atoms with E-state index >= 15 is 0 Å². The van der Waals surface area contributed by atoms with Gasteiger partial charge in [-0.05, 0) is 30.7 Å². The minimum Gasteiger partial charge on any atom is -0.462 e. The van der Waals surface area contributed by atoms with Crippen molar-refractivity contribution in [2.45, 2.75) is 26.2 Å². The Balaban J connectivity index is 1.89. The van der Waals surface area contributed by atoms with E-state index in [0.717, 1.165) is 19.3 Å². The number of rotatable bonds is 7. The molecule has 0 fully saturated rings. The highest BCUT2D eigenvalue weighted by molar-refractivity contribution is 5.90. The molecule has 3 aromatic rings. The van der Waals surface area contributed by atoms with Gasteiger partial charge in [0.1, 0.15) is 0 Å². The molecule has 0 aliphatic carbocycles. The van der Waals surface area contributed by atoms with Crippen molar-refractivity contribution in [2.75, 3.05) is 6.61 Å². The summed E-state index contributed by atoms with van der Waals surface area (Å²) in [7, 11) is 0. The summed E-state index contributed by atoms with van der Waals surface area (Å²) in [4.78, 5) is 16.8. The molecular formula is C17H19N5O2. The van der Waals surface area contributed by atoms with Crippen LogP contribution in [-0.4, -0.2) is 37.1 Å². The van der Waals surface area contributed by atoms with Gasteiger partial charge < -0.3 is 4.74 Å². The molecule has 0 amide bonds. The van der Waals surface area contributed by atoms with E-state index in [9.17, 15) is 4.79 Å². The molecule has 0 aliphatic rings. The zero-order valence-electron chi connectivity index (χ0n) is 13.5. The SMILES string of the molecule is CCCCCOC(=O)c1cc(-n2cccn2)nc(-n2cccn2)c1. The smallest absolute Gasteiger partial charge is 0.338 e. The zero-order valence-corrected chi connectivity index (χ0v) is 13.5. The summed E-state index contributed by atoms with van der Waals surface area (Å²) in [5.74, 6) is 0.706. The molecule has 7 heteroatoms. The van der Waals surface area contributed by atoms with Crippen LogP contribution in [0.4, 0.5) is 0 Å². The van der Waals surface area contributed by atoms with Gasteiger partial charge >= 0.3 is 5.97 Å². The molecule has 0 aliphatic heterocycles. The number of esters is 1. The molecule has 124 valence electrons. The van der Waals surface area contributed by atoms with Gasteiger partial charge in [-0.15, -0.1) is 0 Å². The predicted octanol–water partition coefficient (Wildman–Crippen LogP) is 2.80. The van der Waals surface area contributed by atoms with Crippen LogP contribution >= 0.6 is 0 Å². The molecule has 0 spiro atoms. The summed E-state index contributed by atoms with van der Waals surface area (Å²) < 4.78 is 8.54. The van der Waals surface area contributed by atoms with Gasteiger partial charge in [0.05, 0.1) is 12.2 Å². The minimum absolute atomic E-state index is 0.365. The summed E-state index contributed by atoms with van der Waals surface area (Å²) in [6.45, 7) is 2.53. The third-order valence-corrected chi connectivity index (χ3v) is 3.49. The van der Waals surface area contributed by atoms with E-state index < -0.39 is 0 Å². The summed E-state index contributed by atoms with van der Waals surface area (Å²) in [6.07, 6.45) is 9.85. The number of aromatic nitrogens is 5. The van der Waals surface area contributed by atoms with E-state index in [0.29, 0.717) is 23.8 Å². The Bertz CT molecular complexity index is 729. The molecule has 3 rings (SSSR count). The number of hydrogen-bond donors (Lipinski definition) is 0. The molecular weight excluding hydrogens is 306 g/mol. The van der Waals surface area contributed by atoms with Gasteiger partial charge in [0.15, 0.2) is 11.6 Å². The molecule has 0 radical (unpaired) electrons. The number of nitrogens with zero attached hydrogens (tertiary/aromatic N) is 5. The maximum Gasteiger partial charge on any atom is 0.338 e. The molecule has 7 nitrogen and oxygen atoms in total. The molecule has 0 saturated heterocycles. The van der Waals surface area contributed by atoms with E-state index in [4.69, 9.17) is 4.74 Å². The Labute approximate surface area is 139 Å². The van der Waals surface area contributed by atoms with Gasteiger partial charge in [0, 0.05) is 24.8 Å². The van der Waals surface area contributed by atoms with Gasteiger partial charge in [0.25, 0.3) is 0 Å². The van der Waals surface area contributed by atoms with Crippen LogP contribution in [0, 0.1) is 0 Å². The van der Waals surface area contributed by atoms with E-state index in [1.54, 1.807) is 58.4 Å². The summed E-state index contributed by atoms with van der Waals surface area (Å²) in [5, 5.41) is 8.34. The molecule has 0 bridgehead atoms. The van der Waals surface area contributed by atoms with Gasteiger partial charge in [-0.25, -0.2) is 19.1 Å². The monoisotopic (exact) mass is 325 g/mol. The number of carbonyl (C=O) groups excluding carboxylic acids is 1. The maximum absolute atomic E-state index is 12.3. The van der Waals surface area contributed by atoms with Crippen LogP contribution in [0.15, 0.2) is 49.1 Å². The molecule has 0 saturated carbocycles. The molecule has 24 heavy (non-hydrogen) atoms. The molecule has 3 heterocycles. The molecule has 0 unspecified atom stereocenters. The molecule has 0 aromatic carbocycles. The summed E-state index contributed by atoms with van der Waals surface area (Å²) in [6, 6.07) is 6.93. The first kappa shape index (κ1) is 15.9. The zero-order chi connectivity index (χ0) is 16.8. The van der Waals surface area contributed by atoms with Crippen molar-refractivity contribution < 1.29 is 9.53 Å². The summed E-state index contributed by atoms with van der Waals surface area (Å²) in [5.41, 5.74) is 0.428. The van der Waals surface area contributed by atoms with Crippen molar-refractivity contribution in [1.29, 1.82) is 0 Å². The lowest BCUT2D eigenvalue weighted by molar-refractivity contribution is 0.0498.